The number of aliphatic hydroxyl groups is 2. The van der Waals surface area contributed by atoms with Gasteiger partial charge in [0.2, 0.25) is 11.8 Å². The summed E-state index contributed by atoms with van der Waals surface area (Å²) in [5.74, 6) is -0.948. The molecule has 6 nitrogen and oxygen atoms in total. The highest BCUT2D eigenvalue weighted by Gasteiger charge is 2.40. The van der Waals surface area contributed by atoms with Crippen LogP contribution in [0.5, 0.6) is 0 Å². The van der Waals surface area contributed by atoms with Gasteiger partial charge in [-0.05, 0) is 41.5 Å². The Hall–Kier alpha value is -1.63. The molecule has 0 unspecified atom stereocenters. The Morgan fingerprint density at radius 2 is 2.00 bits per heavy atom. The van der Waals surface area contributed by atoms with Crippen molar-refractivity contribution in [2.75, 3.05) is 13.2 Å². The van der Waals surface area contributed by atoms with Crippen molar-refractivity contribution >= 4 is 23.4 Å². The van der Waals surface area contributed by atoms with E-state index >= 15 is 0 Å². The standard InChI is InChI=1S/C20H29ClN2O4/c1-20(2,3)16(12-25)19(27)23-8-4-5-17(23)18(26)22-10-14-9-15(21)7-6-13(14)11-24/h6-7,9,16-17,24-25H,4-5,8,10-12H2,1-3H3,(H,22,26)/t16-,17-/m0/s1. The molecule has 27 heavy (non-hydrogen) atoms. The lowest BCUT2D eigenvalue weighted by Crippen LogP contribution is -2.50. The van der Waals surface area contributed by atoms with Crippen molar-refractivity contribution in [2.45, 2.75) is 52.8 Å². The number of nitrogens with one attached hydrogen (secondary N) is 1. The van der Waals surface area contributed by atoms with Crippen LogP contribution in [0, 0.1) is 11.3 Å². The summed E-state index contributed by atoms with van der Waals surface area (Å²) in [5.41, 5.74) is 1.07. The van der Waals surface area contributed by atoms with Crippen LogP contribution in [0.2, 0.25) is 5.02 Å². The van der Waals surface area contributed by atoms with E-state index in [4.69, 9.17) is 11.6 Å². The normalized spacial score (nSPS) is 18.4. The lowest BCUT2D eigenvalue weighted by Gasteiger charge is -2.34. The second-order valence-corrected chi connectivity index (χ2v) is 8.52. The van der Waals surface area contributed by atoms with Crippen LogP contribution in [-0.4, -0.2) is 46.1 Å². The van der Waals surface area contributed by atoms with Gasteiger partial charge in [0.25, 0.3) is 0 Å². The predicted molar refractivity (Wildman–Crippen MR) is 104 cm³/mol. The first kappa shape index (κ1) is 21.7. The minimum absolute atomic E-state index is 0.139. The smallest absolute Gasteiger partial charge is 0.243 e. The maximum absolute atomic E-state index is 12.9. The van der Waals surface area contributed by atoms with E-state index in [2.05, 4.69) is 5.32 Å². The number of hydrogen-bond acceptors (Lipinski definition) is 4. The third-order valence-electron chi connectivity index (χ3n) is 5.16. The molecule has 0 saturated carbocycles. The van der Waals surface area contributed by atoms with E-state index in [9.17, 15) is 19.8 Å². The molecule has 0 spiro atoms. The zero-order valence-electron chi connectivity index (χ0n) is 16.2. The molecule has 1 aliphatic rings. The molecule has 0 aromatic heterocycles. The van der Waals surface area contributed by atoms with Crippen molar-refractivity contribution < 1.29 is 19.8 Å². The van der Waals surface area contributed by atoms with Gasteiger partial charge in [-0.3, -0.25) is 9.59 Å². The first-order chi connectivity index (χ1) is 12.7. The molecule has 1 aromatic carbocycles. The van der Waals surface area contributed by atoms with Gasteiger partial charge in [-0.2, -0.15) is 0 Å². The maximum atomic E-state index is 12.9. The highest BCUT2D eigenvalue weighted by molar-refractivity contribution is 6.30. The molecule has 7 heteroatoms. The number of benzene rings is 1. The van der Waals surface area contributed by atoms with Crippen molar-refractivity contribution in [3.63, 3.8) is 0 Å². The fraction of sp³-hybridized carbons (Fsp3) is 0.600. The summed E-state index contributed by atoms with van der Waals surface area (Å²) in [7, 11) is 0. The molecular weight excluding hydrogens is 368 g/mol. The van der Waals surface area contributed by atoms with Gasteiger partial charge in [0.1, 0.15) is 6.04 Å². The number of likely N-dealkylation sites (tertiary alicyclic amines) is 1. The highest BCUT2D eigenvalue weighted by Crippen LogP contribution is 2.30. The quantitative estimate of drug-likeness (QED) is 0.686. The van der Waals surface area contributed by atoms with Crippen LogP contribution in [-0.2, 0) is 22.7 Å². The number of aliphatic hydroxyl groups excluding tert-OH is 2. The van der Waals surface area contributed by atoms with Gasteiger partial charge in [0, 0.05) is 18.1 Å². The predicted octanol–water partition coefficient (Wildman–Crippen LogP) is 2.09. The largest absolute Gasteiger partial charge is 0.396 e. The molecule has 2 rings (SSSR count). The Morgan fingerprint density at radius 1 is 1.30 bits per heavy atom. The average molecular weight is 397 g/mol. The molecule has 1 fully saturated rings. The van der Waals surface area contributed by atoms with E-state index in [1.165, 1.54) is 0 Å². The first-order valence-electron chi connectivity index (χ1n) is 9.26. The molecule has 2 atom stereocenters. The van der Waals surface area contributed by atoms with Gasteiger partial charge >= 0.3 is 0 Å². The first-order valence-corrected chi connectivity index (χ1v) is 9.64. The Balaban J connectivity index is 2.07. The number of nitrogens with zero attached hydrogens (tertiary/aromatic N) is 1. The monoisotopic (exact) mass is 396 g/mol. The number of halogens is 1. The molecule has 0 radical (unpaired) electrons. The van der Waals surface area contributed by atoms with E-state index in [1.807, 2.05) is 20.8 Å². The molecule has 1 heterocycles. The molecule has 3 N–H and O–H groups in total. The molecule has 1 aliphatic heterocycles. The van der Waals surface area contributed by atoms with Crippen molar-refractivity contribution in [3.05, 3.63) is 34.3 Å². The Labute approximate surface area is 165 Å². The van der Waals surface area contributed by atoms with E-state index < -0.39 is 12.0 Å². The zero-order chi connectivity index (χ0) is 20.2. The van der Waals surface area contributed by atoms with Crippen LogP contribution in [0.25, 0.3) is 0 Å². The Kier molecular flexibility index (Phi) is 7.25. The fourth-order valence-corrected chi connectivity index (χ4v) is 3.63. The van der Waals surface area contributed by atoms with Gasteiger partial charge in [0.15, 0.2) is 0 Å². The van der Waals surface area contributed by atoms with Crippen LogP contribution in [0.15, 0.2) is 18.2 Å². The lowest BCUT2D eigenvalue weighted by atomic mass is 9.80. The average Bonchev–Trinajstić information content (AvgIpc) is 3.09. The third kappa shape index (κ3) is 5.21. The molecule has 0 aliphatic carbocycles. The Morgan fingerprint density at radius 3 is 2.59 bits per heavy atom. The van der Waals surface area contributed by atoms with Crippen LogP contribution >= 0.6 is 11.6 Å². The van der Waals surface area contributed by atoms with Crippen LogP contribution in [0.3, 0.4) is 0 Å². The number of rotatable bonds is 6. The van der Waals surface area contributed by atoms with Gasteiger partial charge in [0.05, 0.1) is 19.1 Å². The van der Waals surface area contributed by atoms with Crippen LogP contribution in [0.4, 0.5) is 0 Å². The minimum atomic E-state index is -0.542. The van der Waals surface area contributed by atoms with Gasteiger partial charge in [-0.15, -0.1) is 0 Å². The van der Waals surface area contributed by atoms with Crippen molar-refractivity contribution in [3.8, 4) is 0 Å². The van der Waals surface area contributed by atoms with Gasteiger partial charge in [-0.25, -0.2) is 0 Å². The minimum Gasteiger partial charge on any atom is -0.396 e. The van der Waals surface area contributed by atoms with E-state index in [0.717, 1.165) is 12.0 Å². The van der Waals surface area contributed by atoms with E-state index in [-0.39, 0.29) is 37.0 Å². The van der Waals surface area contributed by atoms with Crippen molar-refractivity contribution in [1.29, 1.82) is 0 Å². The Bertz CT molecular complexity index is 687. The number of hydrogen-bond donors (Lipinski definition) is 3. The summed E-state index contributed by atoms with van der Waals surface area (Å²) in [4.78, 5) is 27.2. The zero-order valence-corrected chi connectivity index (χ0v) is 16.9. The summed E-state index contributed by atoms with van der Waals surface area (Å²) in [5, 5.41) is 22.5. The van der Waals surface area contributed by atoms with Gasteiger partial charge < -0.3 is 20.4 Å². The second kappa shape index (κ2) is 9.04. The summed E-state index contributed by atoms with van der Waals surface area (Å²) >= 11 is 6.00. The number of carbonyl (C=O) groups excluding carboxylic acids is 2. The van der Waals surface area contributed by atoms with E-state index in [0.29, 0.717) is 23.6 Å². The number of carbonyl (C=O) groups is 2. The summed E-state index contributed by atoms with van der Waals surface area (Å²) in [6, 6.07) is 4.60. The third-order valence-corrected chi connectivity index (χ3v) is 5.39. The van der Waals surface area contributed by atoms with Crippen LogP contribution in [0.1, 0.15) is 44.7 Å². The summed E-state index contributed by atoms with van der Waals surface area (Å²) in [6.07, 6.45) is 1.35. The molecule has 0 bridgehead atoms. The van der Waals surface area contributed by atoms with Crippen LogP contribution < -0.4 is 5.32 Å². The lowest BCUT2D eigenvalue weighted by molar-refractivity contribution is -0.146. The van der Waals surface area contributed by atoms with Crippen molar-refractivity contribution in [2.24, 2.45) is 11.3 Å². The molecule has 1 aromatic rings. The molecule has 2 amide bonds. The molecule has 150 valence electrons. The van der Waals surface area contributed by atoms with E-state index in [1.54, 1.807) is 23.1 Å². The second-order valence-electron chi connectivity index (χ2n) is 8.08. The highest BCUT2D eigenvalue weighted by atomic mass is 35.5. The topological polar surface area (TPSA) is 89.9 Å². The van der Waals surface area contributed by atoms with Gasteiger partial charge in [-0.1, -0.05) is 38.4 Å². The summed E-state index contributed by atoms with van der Waals surface area (Å²) < 4.78 is 0. The summed E-state index contributed by atoms with van der Waals surface area (Å²) in [6.45, 7) is 6.10. The SMILES string of the molecule is CC(C)(C)[C@@H](CO)C(=O)N1CCC[C@H]1C(=O)NCc1cc(Cl)ccc1CO. The maximum Gasteiger partial charge on any atom is 0.243 e. The molecule has 1 saturated heterocycles. The van der Waals surface area contributed by atoms with Crippen molar-refractivity contribution in [1.82, 2.24) is 10.2 Å². The number of amides is 2. The molecular formula is C20H29ClN2O4. The fourth-order valence-electron chi connectivity index (χ4n) is 3.44.